The number of primary amides is 1. The lowest BCUT2D eigenvalue weighted by molar-refractivity contribution is 0.0769. The van der Waals surface area contributed by atoms with Crippen LogP contribution >= 0.6 is 0 Å². The minimum Gasteiger partial charge on any atom is -0.445 e. The number of ether oxygens (including phenoxy) is 1. The Morgan fingerprint density at radius 2 is 1.83 bits per heavy atom. The van der Waals surface area contributed by atoms with E-state index in [1.165, 1.54) is 0 Å². The third-order valence-electron chi connectivity index (χ3n) is 5.37. The third kappa shape index (κ3) is 3.79. The molecule has 2 amide bonds. The summed E-state index contributed by atoms with van der Waals surface area (Å²) in [6.45, 7) is 1.16. The Bertz CT molecular complexity index is 1040. The van der Waals surface area contributed by atoms with Crippen molar-refractivity contribution in [3.8, 4) is 0 Å². The summed E-state index contributed by atoms with van der Waals surface area (Å²) in [6, 6.07) is 14.8. The maximum absolute atomic E-state index is 12.4. The zero-order valence-corrected chi connectivity index (χ0v) is 15.9. The van der Waals surface area contributed by atoms with Gasteiger partial charge in [-0.2, -0.15) is 0 Å². The number of aromatic amines is 1. The number of imidazole rings is 1. The lowest BCUT2D eigenvalue weighted by Gasteiger charge is -2.37. The molecule has 0 atom stereocenters. The van der Waals surface area contributed by atoms with E-state index in [4.69, 9.17) is 16.2 Å². The van der Waals surface area contributed by atoms with Crippen LogP contribution in [0.3, 0.4) is 0 Å². The topological polar surface area (TPSA) is 127 Å². The van der Waals surface area contributed by atoms with Gasteiger partial charge in [0.05, 0.1) is 16.6 Å². The fraction of sp³-hybridized carbons (Fsp3) is 0.286. The van der Waals surface area contributed by atoms with Crippen LogP contribution in [-0.4, -0.2) is 40.0 Å². The molecule has 0 unspecified atom stereocenters. The zero-order valence-electron chi connectivity index (χ0n) is 15.9. The van der Waals surface area contributed by atoms with Crippen LogP contribution < -0.4 is 11.5 Å². The van der Waals surface area contributed by atoms with E-state index < -0.39 is 11.4 Å². The summed E-state index contributed by atoms with van der Waals surface area (Å²) >= 11 is 0. The van der Waals surface area contributed by atoms with Crippen molar-refractivity contribution < 1.29 is 14.3 Å². The average molecular weight is 393 g/mol. The van der Waals surface area contributed by atoms with Gasteiger partial charge in [-0.3, -0.25) is 4.79 Å². The standard InChI is InChI=1S/C21H23N5O3/c22-18(27)15-7-4-8-16-17(15)25-19(24-16)21(23)9-11-26(12-10-21)20(28)29-13-14-5-2-1-3-6-14/h1-8H,9-13,23H2,(H2,22,27)(H,24,25). The molecule has 150 valence electrons. The first-order valence-corrected chi connectivity index (χ1v) is 9.50. The smallest absolute Gasteiger partial charge is 0.410 e. The summed E-state index contributed by atoms with van der Waals surface area (Å²) < 4.78 is 5.40. The Morgan fingerprint density at radius 3 is 2.52 bits per heavy atom. The number of rotatable bonds is 4. The Balaban J connectivity index is 1.43. The summed E-state index contributed by atoms with van der Waals surface area (Å²) in [7, 11) is 0. The number of H-pyrrole nitrogens is 1. The molecule has 29 heavy (non-hydrogen) atoms. The normalized spacial score (nSPS) is 16.0. The highest BCUT2D eigenvalue weighted by molar-refractivity contribution is 6.04. The number of carbonyl (C=O) groups excluding carboxylic acids is 2. The number of carbonyl (C=O) groups is 2. The molecule has 0 aliphatic carbocycles. The van der Waals surface area contributed by atoms with Crippen molar-refractivity contribution in [2.24, 2.45) is 11.5 Å². The minimum absolute atomic E-state index is 0.239. The number of aromatic nitrogens is 2. The predicted molar refractivity (Wildman–Crippen MR) is 108 cm³/mol. The van der Waals surface area contributed by atoms with Gasteiger partial charge >= 0.3 is 6.09 Å². The quantitative estimate of drug-likeness (QED) is 0.626. The number of para-hydroxylation sites is 1. The molecule has 0 radical (unpaired) electrons. The summed E-state index contributed by atoms with van der Waals surface area (Å²) in [6.07, 6.45) is 0.703. The molecule has 2 aromatic carbocycles. The molecule has 3 aromatic rings. The van der Waals surface area contributed by atoms with Gasteiger partial charge in [0, 0.05) is 13.1 Å². The van der Waals surface area contributed by atoms with Crippen LogP contribution in [0.5, 0.6) is 0 Å². The van der Waals surface area contributed by atoms with Gasteiger partial charge in [-0.15, -0.1) is 0 Å². The van der Waals surface area contributed by atoms with Crippen LogP contribution in [0.25, 0.3) is 11.0 Å². The van der Waals surface area contributed by atoms with Gasteiger partial charge in [0.1, 0.15) is 17.9 Å². The monoisotopic (exact) mass is 393 g/mol. The van der Waals surface area contributed by atoms with E-state index in [-0.39, 0.29) is 12.7 Å². The van der Waals surface area contributed by atoms with Crippen LogP contribution in [-0.2, 0) is 16.9 Å². The fourth-order valence-corrected chi connectivity index (χ4v) is 3.60. The first-order chi connectivity index (χ1) is 14.0. The number of likely N-dealkylation sites (tertiary alicyclic amines) is 1. The predicted octanol–water partition coefficient (Wildman–Crippen LogP) is 2.25. The lowest BCUT2D eigenvalue weighted by atomic mass is 9.88. The molecule has 2 heterocycles. The van der Waals surface area contributed by atoms with Crippen LogP contribution in [0.15, 0.2) is 48.5 Å². The van der Waals surface area contributed by atoms with Gasteiger partial charge in [0.2, 0.25) is 0 Å². The fourth-order valence-electron chi connectivity index (χ4n) is 3.60. The first kappa shape index (κ1) is 18.9. The number of nitrogens with zero attached hydrogens (tertiary/aromatic N) is 2. The maximum atomic E-state index is 12.4. The van der Waals surface area contributed by atoms with Crippen LogP contribution in [0.4, 0.5) is 4.79 Å². The minimum atomic E-state index is -0.718. The SMILES string of the molecule is NC(=O)c1cccc2[nH]c(C3(N)CCN(C(=O)OCc4ccccc4)CC3)nc12. The molecular weight excluding hydrogens is 370 g/mol. The number of hydrogen-bond donors (Lipinski definition) is 3. The highest BCUT2D eigenvalue weighted by Crippen LogP contribution is 2.31. The zero-order chi connectivity index (χ0) is 20.4. The molecule has 1 fully saturated rings. The van der Waals surface area contributed by atoms with E-state index >= 15 is 0 Å². The Kier molecular flexibility index (Phi) is 4.94. The van der Waals surface area contributed by atoms with Gasteiger partial charge in [0.25, 0.3) is 5.91 Å². The van der Waals surface area contributed by atoms with Gasteiger partial charge in [0.15, 0.2) is 0 Å². The van der Waals surface area contributed by atoms with Crippen LogP contribution in [0, 0.1) is 0 Å². The number of nitrogens with one attached hydrogen (secondary N) is 1. The van der Waals surface area contributed by atoms with Gasteiger partial charge in [-0.05, 0) is 30.5 Å². The number of amides is 2. The number of benzene rings is 2. The van der Waals surface area contributed by atoms with Crippen molar-refractivity contribution in [3.05, 3.63) is 65.5 Å². The van der Waals surface area contributed by atoms with E-state index in [0.717, 1.165) is 5.56 Å². The van der Waals surface area contributed by atoms with Crippen molar-refractivity contribution in [1.82, 2.24) is 14.9 Å². The van der Waals surface area contributed by atoms with E-state index in [9.17, 15) is 9.59 Å². The van der Waals surface area contributed by atoms with Crippen molar-refractivity contribution in [3.63, 3.8) is 0 Å². The molecule has 4 rings (SSSR count). The third-order valence-corrected chi connectivity index (χ3v) is 5.37. The highest BCUT2D eigenvalue weighted by Gasteiger charge is 2.37. The van der Waals surface area contributed by atoms with E-state index in [1.807, 2.05) is 36.4 Å². The molecule has 0 saturated carbocycles. The molecule has 0 spiro atoms. The maximum Gasteiger partial charge on any atom is 0.410 e. The molecule has 1 aliphatic heterocycles. The van der Waals surface area contributed by atoms with Crippen LogP contribution in [0.1, 0.15) is 34.6 Å². The van der Waals surface area contributed by atoms with E-state index in [2.05, 4.69) is 9.97 Å². The molecule has 5 N–H and O–H groups in total. The molecular formula is C21H23N5O3. The second-order valence-corrected chi connectivity index (χ2v) is 7.33. The second kappa shape index (κ2) is 7.56. The Labute approximate surface area is 167 Å². The van der Waals surface area contributed by atoms with Crippen molar-refractivity contribution in [2.45, 2.75) is 25.0 Å². The van der Waals surface area contributed by atoms with E-state index in [1.54, 1.807) is 17.0 Å². The lowest BCUT2D eigenvalue weighted by Crippen LogP contribution is -2.50. The molecule has 1 saturated heterocycles. The first-order valence-electron chi connectivity index (χ1n) is 9.50. The van der Waals surface area contributed by atoms with Crippen molar-refractivity contribution >= 4 is 23.0 Å². The molecule has 8 heteroatoms. The van der Waals surface area contributed by atoms with Gasteiger partial charge < -0.3 is 26.1 Å². The van der Waals surface area contributed by atoms with E-state index in [0.29, 0.717) is 48.4 Å². The van der Waals surface area contributed by atoms with Crippen molar-refractivity contribution in [1.29, 1.82) is 0 Å². The summed E-state index contributed by atoms with van der Waals surface area (Å²) in [4.78, 5) is 33.4. The van der Waals surface area contributed by atoms with Crippen molar-refractivity contribution in [2.75, 3.05) is 13.1 Å². The average Bonchev–Trinajstić information content (AvgIpc) is 3.18. The van der Waals surface area contributed by atoms with Gasteiger partial charge in [-0.1, -0.05) is 36.4 Å². The molecule has 1 aromatic heterocycles. The Hall–Kier alpha value is -3.39. The number of piperidine rings is 1. The number of nitrogens with two attached hydrogens (primary N) is 2. The van der Waals surface area contributed by atoms with Gasteiger partial charge in [-0.25, -0.2) is 9.78 Å². The Morgan fingerprint density at radius 1 is 1.10 bits per heavy atom. The van der Waals surface area contributed by atoms with Crippen LogP contribution in [0.2, 0.25) is 0 Å². The molecule has 8 nitrogen and oxygen atoms in total. The largest absolute Gasteiger partial charge is 0.445 e. The second-order valence-electron chi connectivity index (χ2n) is 7.33. The summed E-state index contributed by atoms with van der Waals surface area (Å²) in [5, 5.41) is 0. The molecule has 1 aliphatic rings. The number of fused-ring (bicyclic) bond motifs is 1. The number of hydrogen-bond acceptors (Lipinski definition) is 5. The molecule has 0 bridgehead atoms. The summed E-state index contributed by atoms with van der Waals surface area (Å²) in [5.41, 5.74) is 13.9. The highest BCUT2D eigenvalue weighted by atomic mass is 16.6. The summed E-state index contributed by atoms with van der Waals surface area (Å²) in [5.74, 6) is 0.0641.